The fourth-order valence-corrected chi connectivity index (χ4v) is 7.56. The molecule has 1 atom stereocenters. The van der Waals surface area contributed by atoms with Crippen molar-refractivity contribution in [1.82, 2.24) is 15.0 Å². The van der Waals surface area contributed by atoms with E-state index in [1.165, 1.54) is 32.1 Å². The van der Waals surface area contributed by atoms with E-state index in [1.54, 1.807) is 11.3 Å². The summed E-state index contributed by atoms with van der Waals surface area (Å²) in [5, 5.41) is 7.83. The second-order valence-electron chi connectivity index (χ2n) is 9.39. The van der Waals surface area contributed by atoms with Gasteiger partial charge in [0.05, 0.1) is 15.5 Å². The molecule has 1 aliphatic heterocycles. The third kappa shape index (κ3) is 5.53. The van der Waals surface area contributed by atoms with Crippen molar-refractivity contribution in [1.29, 1.82) is 0 Å². The van der Waals surface area contributed by atoms with Crippen LogP contribution in [0.25, 0.3) is 10.4 Å². The lowest BCUT2D eigenvalue weighted by molar-refractivity contribution is 0.328. The molecule has 0 spiro atoms. The van der Waals surface area contributed by atoms with Crippen LogP contribution in [0.3, 0.4) is 0 Å². The Morgan fingerprint density at radius 2 is 1.81 bits per heavy atom. The van der Waals surface area contributed by atoms with E-state index in [4.69, 9.17) is 4.98 Å². The normalized spacial score (nSPS) is 19.7. The number of nitrogens with zero attached hydrogens (tertiary/aromatic N) is 1. The Kier molecular flexibility index (Phi) is 7.54. The standard InChI is InChI=1S/C24H36N4O2S2/c1-16-9-10-20(15-22(16)32(29,30)28-21-11-13-25-14-12-21)23-18(3)27-24(31-23)26-17(2)19-7-5-4-6-8-19/h9-10,15,17,19,21,25,28H,4-8,11-14H2,1-3H3,(H,26,27)/t17-/m1/s1. The Hall–Kier alpha value is -1.48. The van der Waals surface area contributed by atoms with Crippen LogP contribution in [0.1, 0.15) is 63.1 Å². The Balaban J connectivity index is 1.54. The zero-order valence-electron chi connectivity index (χ0n) is 19.4. The molecule has 3 N–H and O–H groups in total. The van der Waals surface area contributed by atoms with E-state index in [-0.39, 0.29) is 6.04 Å². The van der Waals surface area contributed by atoms with Crippen molar-refractivity contribution < 1.29 is 8.42 Å². The van der Waals surface area contributed by atoms with Crippen molar-refractivity contribution in [2.24, 2.45) is 5.92 Å². The highest BCUT2D eigenvalue weighted by Gasteiger charge is 2.25. The van der Waals surface area contributed by atoms with Gasteiger partial charge in [0.2, 0.25) is 10.0 Å². The second-order valence-corrected chi connectivity index (χ2v) is 12.1. The van der Waals surface area contributed by atoms with Gasteiger partial charge in [-0.15, -0.1) is 0 Å². The van der Waals surface area contributed by atoms with E-state index in [2.05, 4.69) is 22.3 Å². The molecule has 4 rings (SSSR count). The SMILES string of the molecule is Cc1ccc(-c2sc(N[C@H](C)C3CCCCC3)nc2C)cc1S(=O)(=O)NC1CCNCC1. The monoisotopic (exact) mass is 476 g/mol. The lowest BCUT2D eigenvalue weighted by Gasteiger charge is -2.28. The summed E-state index contributed by atoms with van der Waals surface area (Å²) in [5.41, 5.74) is 2.61. The van der Waals surface area contributed by atoms with E-state index in [0.717, 1.165) is 52.8 Å². The number of sulfonamides is 1. The van der Waals surface area contributed by atoms with Crippen molar-refractivity contribution in [3.05, 3.63) is 29.5 Å². The first-order valence-electron chi connectivity index (χ1n) is 11.9. The van der Waals surface area contributed by atoms with Gasteiger partial charge in [-0.2, -0.15) is 0 Å². The molecule has 1 saturated heterocycles. The van der Waals surface area contributed by atoms with Gasteiger partial charge in [-0.25, -0.2) is 18.1 Å². The zero-order valence-corrected chi connectivity index (χ0v) is 21.0. The van der Waals surface area contributed by atoms with Crippen LogP contribution in [0.15, 0.2) is 23.1 Å². The number of nitrogens with one attached hydrogen (secondary N) is 3. The minimum absolute atomic E-state index is 0.00785. The minimum atomic E-state index is -3.57. The Morgan fingerprint density at radius 1 is 1.09 bits per heavy atom. The van der Waals surface area contributed by atoms with Gasteiger partial charge < -0.3 is 10.6 Å². The van der Waals surface area contributed by atoms with Gasteiger partial charge >= 0.3 is 0 Å². The smallest absolute Gasteiger partial charge is 0.241 e. The first-order chi connectivity index (χ1) is 15.3. The highest BCUT2D eigenvalue weighted by atomic mass is 32.2. The first kappa shape index (κ1) is 23.7. The summed E-state index contributed by atoms with van der Waals surface area (Å²) in [6.45, 7) is 7.82. The van der Waals surface area contributed by atoms with Crippen molar-refractivity contribution >= 4 is 26.5 Å². The molecule has 8 heteroatoms. The predicted molar refractivity (Wildman–Crippen MR) is 133 cm³/mol. The summed E-state index contributed by atoms with van der Waals surface area (Å²) in [5.74, 6) is 0.702. The third-order valence-corrected chi connectivity index (χ3v) is 9.71. The summed E-state index contributed by atoms with van der Waals surface area (Å²) in [7, 11) is -3.57. The molecular formula is C24H36N4O2S2. The van der Waals surface area contributed by atoms with Crippen molar-refractivity contribution in [2.75, 3.05) is 18.4 Å². The average molecular weight is 477 g/mol. The Labute approximate surface area is 196 Å². The predicted octanol–water partition coefficient (Wildman–Crippen LogP) is 4.84. The number of hydrogen-bond acceptors (Lipinski definition) is 6. The fourth-order valence-electron chi connectivity index (χ4n) is 4.93. The molecule has 1 aliphatic carbocycles. The maximum absolute atomic E-state index is 13.2. The van der Waals surface area contributed by atoms with E-state index in [9.17, 15) is 8.42 Å². The van der Waals surface area contributed by atoms with Crippen LogP contribution in [-0.2, 0) is 10.0 Å². The third-order valence-electron chi connectivity index (χ3n) is 6.91. The highest BCUT2D eigenvalue weighted by molar-refractivity contribution is 7.89. The molecule has 1 saturated carbocycles. The minimum Gasteiger partial charge on any atom is -0.359 e. The van der Waals surface area contributed by atoms with E-state index >= 15 is 0 Å². The molecule has 176 valence electrons. The van der Waals surface area contributed by atoms with Crippen molar-refractivity contribution in [3.8, 4) is 10.4 Å². The topological polar surface area (TPSA) is 83.1 Å². The van der Waals surface area contributed by atoms with Crippen LogP contribution in [0.5, 0.6) is 0 Å². The number of benzene rings is 1. The van der Waals surface area contributed by atoms with Gasteiger partial charge in [-0.05, 0) is 82.7 Å². The Bertz CT molecular complexity index is 1020. The van der Waals surface area contributed by atoms with Crippen LogP contribution < -0.4 is 15.4 Å². The molecule has 0 bridgehead atoms. The summed E-state index contributed by atoms with van der Waals surface area (Å²) < 4.78 is 29.2. The zero-order chi connectivity index (χ0) is 22.7. The lowest BCUT2D eigenvalue weighted by Crippen LogP contribution is -2.42. The quantitative estimate of drug-likeness (QED) is 0.533. The van der Waals surface area contributed by atoms with Gasteiger partial charge in [0.1, 0.15) is 0 Å². The number of hydrogen-bond donors (Lipinski definition) is 3. The van der Waals surface area contributed by atoms with E-state index < -0.39 is 10.0 Å². The second kappa shape index (κ2) is 10.2. The van der Waals surface area contributed by atoms with E-state index in [1.807, 2.05) is 32.0 Å². The number of rotatable bonds is 7. The molecule has 6 nitrogen and oxygen atoms in total. The molecule has 2 fully saturated rings. The van der Waals surface area contributed by atoms with Crippen LogP contribution in [-0.4, -0.2) is 38.6 Å². The number of anilines is 1. The summed E-state index contributed by atoms with van der Waals surface area (Å²) in [6.07, 6.45) is 8.22. The van der Waals surface area contributed by atoms with Crippen LogP contribution in [0, 0.1) is 19.8 Å². The molecule has 0 unspecified atom stereocenters. The molecule has 1 aromatic heterocycles. The van der Waals surface area contributed by atoms with Crippen LogP contribution in [0.4, 0.5) is 5.13 Å². The summed E-state index contributed by atoms with van der Waals surface area (Å²) in [6, 6.07) is 6.12. The summed E-state index contributed by atoms with van der Waals surface area (Å²) in [4.78, 5) is 6.16. The molecular weight excluding hydrogens is 440 g/mol. The number of aromatic nitrogens is 1. The largest absolute Gasteiger partial charge is 0.359 e. The summed E-state index contributed by atoms with van der Waals surface area (Å²) >= 11 is 1.62. The maximum Gasteiger partial charge on any atom is 0.241 e. The molecule has 2 aromatic rings. The number of aryl methyl sites for hydroxylation is 2. The molecule has 2 heterocycles. The van der Waals surface area contributed by atoms with Gasteiger partial charge in [0.25, 0.3) is 0 Å². The van der Waals surface area contributed by atoms with Gasteiger partial charge in [0.15, 0.2) is 5.13 Å². The molecule has 0 amide bonds. The maximum atomic E-state index is 13.2. The first-order valence-corrected chi connectivity index (χ1v) is 14.2. The molecule has 32 heavy (non-hydrogen) atoms. The fraction of sp³-hybridized carbons (Fsp3) is 0.625. The Morgan fingerprint density at radius 3 is 2.53 bits per heavy atom. The molecule has 1 aromatic carbocycles. The molecule has 0 radical (unpaired) electrons. The average Bonchev–Trinajstić information content (AvgIpc) is 3.14. The van der Waals surface area contributed by atoms with Crippen LogP contribution >= 0.6 is 11.3 Å². The van der Waals surface area contributed by atoms with Gasteiger partial charge in [0, 0.05) is 12.1 Å². The van der Waals surface area contributed by atoms with Crippen molar-refractivity contribution in [2.45, 2.75) is 82.7 Å². The highest BCUT2D eigenvalue weighted by Crippen LogP contribution is 2.36. The van der Waals surface area contributed by atoms with Crippen molar-refractivity contribution in [3.63, 3.8) is 0 Å². The molecule has 2 aliphatic rings. The number of thiazole rings is 1. The van der Waals surface area contributed by atoms with Crippen LogP contribution in [0.2, 0.25) is 0 Å². The van der Waals surface area contributed by atoms with E-state index in [0.29, 0.717) is 16.9 Å². The lowest BCUT2D eigenvalue weighted by atomic mass is 9.85. The van der Waals surface area contributed by atoms with Gasteiger partial charge in [-0.1, -0.05) is 42.7 Å². The van der Waals surface area contributed by atoms with Gasteiger partial charge in [-0.3, -0.25) is 0 Å². The number of piperidine rings is 1.